The first-order chi connectivity index (χ1) is 7.68. The second-order valence-corrected chi connectivity index (χ2v) is 3.46. The lowest BCUT2D eigenvalue weighted by Gasteiger charge is -2.11. The fraction of sp³-hybridized carbons (Fsp3) is 0. The van der Waals surface area contributed by atoms with Crippen molar-refractivity contribution in [1.82, 2.24) is 0 Å². The van der Waals surface area contributed by atoms with Crippen molar-refractivity contribution in [2.75, 3.05) is 5.73 Å². The van der Waals surface area contributed by atoms with Gasteiger partial charge in [0.15, 0.2) is 0 Å². The van der Waals surface area contributed by atoms with Crippen molar-refractivity contribution < 1.29 is 9.90 Å². The predicted molar refractivity (Wildman–Crippen MR) is 60.6 cm³/mol. The highest BCUT2D eigenvalue weighted by Crippen LogP contribution is 2.25. The Morgan fingerprint density at radius 3 is 2.38 bits per heavy atom. The fourth-order valence-corrected chi connectivity index (χ4v) is 1.60. The summed E-state index contributed by atoms with van der Waals surface area (Å²) < 4.78 is 0. The number of carboxylic acids is 1. The van der Waals surface area contributed by atoms with E-state index in [1.54, 1.807) is 12.1 Å². The average molecular weight is 212 g/mol. The van der Waals surface area contributed by atoms with Crippen LogP contribution in [0.3, 0.4) is 0 Å². The largest absolute Gasteiger partial charge is 0.545 e. The number of nitrogens with two attached hydrogens (primary N) is 1. The van der Waals surface area contributed by atoms with E-state index in [4.69, 9.17) is 5.73 Å². The molecule has 0 aromatic heterocycles. The number of nitrogen functional groups attached to an aromatic ring is 1. The summed E-state index contributed by atoms with van der Waals surface area (Å²) in [6, 6.07) is 13.9. The number of carbonyl (C=O) groups is 1. The van der Waals surface area contributed by atoms with E-state index in [2.05, 4.69) is 0 Å². The molecule has 16 heavy (non-hydrogen) atoms. The first-order valence-electron chi connectivity index (χ1n) is 4.85. The minimum atomic E-state index is -1.20. The molecule has 0 aliphatic heterocycles. The molecule has 2 aromatic rings. The van der Waals surface area contributed by atoms with Crippen LogP contribution in [-0.4, -0.2) is 5.97 Å². The highest BCUT2D eigenvalue weighted by molar-refractivity contribution is 5.95. The van der Waals surface area contributed by atoms with Crippen LogP contribution >= 0.6 is 0 Å². The van der Waals surface area contributed by atoms with Crippen LogP contribution in [0.1, 0.15) is 10.4 Å². The van der Waals surface area contributed by atoms with Gasteiger partial charge in [0.25, 0.3) is 0 Å². The molecule has 0 bridgehead atoms. The van der Waals surface area contributed by atoms with Crippen LogP contribution in [0, 0.1) is 0 Å². The third kappa shape index (κ3) is 1.88. The number of benzene rings is 2. The van der Waals surface area contributed by atoms with Gasteiger partial charge in [0, 0.05) is 11.3 Å². The van der Waals surface area contributed by atoms with Crippen molar-refractivity contribution in [1.29, 1.82) is 0 Å². The molecule has 0 heterocycles. The SMILES string of the molecule is Nc1ccc(C(=O)[O-])c(-c2ccccc2)c1. The first-order valence-corrected chi connectivity index (χ1v) is 4.85. The number of hydrogen-bond donors (Lipinski definition) is 1. The van der Waals surface area contributed by atoms with E-state index in [-0.39, 0.29) is 5.56 Å². The summed E-state index contributed by atoms with van der Waals surface area (Å²) in [6.07, 6.45) is 0. The van der Waals surface area contributed by atoms with E-state index < -0.39 is 5.97 Å². The summed E-state index contributed by atoms with van der Waals surface area (Å²) in [5, 5.41) is 11.0. The number of carboxylic acid groups (broad SMARTS) is 1. The van der Waals surface area contributed by atoms with Crippen molar-refractivity contribution in [2.24, 2.45) is 0 Å². The summed E-state index contributed by atoms with van der Waals surface area (Å²) in [5.74, 6) is -1.20. The molecular weight excluding hydrogens is 202 g/mol. The topological polar surface area (TPSA) is 66.2 Å². The highest BCUT2D eigenvalue weighted by Gasteiger charge is 2.05. The first kappa shape index (κ1) is 10.2. The van der Waals surface area contributed by atoms with Crippen LogP contribution in [0.5, 0.6) is 0 Å². The number of rotatable bonds is 2. The zero-order chi connectivity index (χ0) is 11.5. The molecule has 0 aliphatic carbocycles. The molecule has 2 rings (SSSR count). The van der Waals surface area contributed by atoms with E-state index in [9.17, 15) is 9.90 Å². The molecule has 80 valence electrons. The summed E-state index contributed by atoms with van der Waals surface area (Å²) in [4.78, 5) is 11.0. The van der Waals surface area contributed by atoms with Gasteiger partial charge >= 0.3 is 0 Å². The maximum absolute atomic E-state index is 11.0. The van der Waals surface area contributed by atoms with E-state index in [0.717, 1.165) is 5.56 Å². The molecular formula is C13H10NO2-. The van der Waals surface area contributed by atoms with Gasteiger partial charge in [0.2, 0.25) is 0 Å². The Balaban J connectivity index is 2.63. The highest BCUT2D eigenvalue weighted by atomic mass is 16.4. The van der Waals surface area contributed by atoms with Crippen LogP contribution in [-0.2, 0) is 0 Å². The second kappa shape index (κ2) is 4.06. The van der Waals surface area contributed by atoms with Gasteiger partial charge in [-0.2, -0.15) is 0 Å². The van der Waals surface area contributed by atoms with E-state index in [1.807, 2.05) is 30.3 Å². The molecule has 3 heteroatoms. The number of hydrogen-bond acceptors (Lipinski definition) is 3. The summed E-state index contributed by atoms with van der Waals surface area (Å²) in [5.41, 5.74) is 7.73. The second-order valence-electron chi connectivity index (χ2n) is 3.46. The van der Waals surface area contributed by atoms with Gasteiger partial charge in [0.1, 0.15) is 0 Å². The van der Waals surface area contributed by atoms with Crippen molar-refractivity contribution in [3.8, 4) is 11.1 Å². The zero-order valence-electron chi connectivity index (χ0n) is 8.51. The Kier molecular flexibility index (Phi) is 2.60. The molecule has 0 saturated heterocycles. The maximum atomic E-state index is 11.0. The Bertz CT molecular complexity index is 521. The molecule has 0 spiro atoms. The van der Waals surface area contributed by atoms with Gasteiger partial charge in [-0.25, -0.2) is 0 Å². The number of aromatic carboxylic acids is 1. The minimum Gasteiger partial charge on any atom is -0.545 e. The molecule has 0 atom stereocenters. The molecule has 0 aliphatic rings. The molecule has 0 amide bonds. The lowest BCUT2D eigenvalue weighted by atomic mass is 9.99. The van der Waals surface area contributed by atoms with Gasteiger partial charge in [-0.15, -0.1) is 0 Å². The Labute approximate surface area is 93.1 Å². The summed E-state index contributed by atoms with van der Waals surface area (Å²) in [6.45, 7) is 0. The third-order valence-corrected chi connectivity index (χ3v) is 2.35. The molecule has 2 aromatic carbocycles. The van der Waals surface area contributed by atoms with E-state index >= 15 is 0 Å². The van der Waals surface area contributed by atoms with E-state index in [0.29, 0.717) is 11.3 Å². The zero-order valence-corrected chi connectivity index (χ0v) is 8.51. The van der Waals surface area contributed by atoms with Crippen molar-refractivity contribution >= 4 is 11.7 Å². The molecule has 0 unspecified atom stereocenters. The van der Waals surface area contributed by atoms with Gasteiger partial charge in [0.05, 0.1) is 5.97 Å². The fourth-order valence-electron chi connectivity index (χ4n) is 1.60. The lowest BCUT2D eigenvalue weighted by Crippen LogP contribution is -2.23. The smallest absolute Gasteiger partial charge is 0.0721 e. The number of carbonyl (C=O) groups excluding carboxylic acids is 1. The van der Waals surface area contributed by atoms with Crippen LogP contribution in [0.25, 0.3) is 11.1 Å². The van der Waals surface area contributed by atoms with Crippen molar-refractivity contribution in [3.05, 3.63) is 54.1 Å². The summed E-state index contributed by atoms with van der Waals surface area (Å²) in [7, 11) is 0. The average Bonchev–Trinajstić information content (AvgIpc) is 2.29. The summed E-state index contributed by atoms with van der Waals surface area (Å²) >= 11 is 0. The lowest BCUT2D eigenvalue weighted by molar-refractivity contribution is -0.254. The van der Waals surface area contributed by atoms with Gasteiger partial charge < -0.3 is 15.6 Å². The van der Waals surface area contributed by atoms with Crippen molar-refractivity contribution in [3.63, 3.8) is 0 Å². The molecule has 0 radical (unpaired) electrons. The quantitative estimate of drug-likeness (QED) is 0.763. The molecule has 2 N–H and O–H groups in total. The van der Waals surface area contributed by atoms with Crippen LogP contribution in [0.15, 0.2) is 48.5 Å². The Morgan fingerprint density at radius 1 is 1.06 bits per heavy atom. The number of anilines is 1. The van der Waals surface area contributed by atoms with Gasteiger partial charge in [-0.3, -0.25) is 0 Å². The normalized spacial score (nSPS) is 10.0. The Hall–Kier alpha value is -2.29. The van der Waals surface area contributed by atoms with Crippen LogP contribution in [0.4, 0.5) is 5.69 Å². The molecule has 0 fully saturated rings. The standard InChI is InChI=1S/C13H11NO2/c14-10-6-7-11(13(15)16)12(8-10)9-4-2-1-3-5-9/h1-8H,14H2,(H,15,16)/p-1. The van der Waals surface area contributed by atoms with Crippen LogP contribution < -0.4 is 10.8 Å². The predicted octanol–water partition coefficient (Wildman–Crippen LogP) is 1.30. The van der Waals surface area contributed by atoms with E-state index in [1.165, 1.54) is 6.07 Å². The van der Waals surface area contributed by atoms with Gasteiger partial charge in [-0.1, -0.05) is 36.4 Å². The monoisotopic (exact) mass is 212 g/mol. The third-order valence-electron chi connectivity index (χ3n) is 2.35. The Morgan fingerprint density at radius 2 is 1.75 bits per heavy atom. The van der Waals surface area contributed by atoms with Crippen molar-refractivity contribution in [2.45, 2.75) is 0 Å². The molecule has 0 saturated carbocycles. The van der Waals surface area contributed by atoms with Crippen LogP contribution in [0.2, 0.25) is 0 Å². The maximum Gasteiger partial charge on any atom is 0.0721 e. The molecule has 3 nitrogen and oxygen atoms in total. The minimum absolute atomic E-state index is 0.153. The van der Waals surface area contributed by atoms with Gasteiger partial charge in [-0.05, 0) is 23.3 Å².